The third-order valence-corrected chi connectivity index (χ3v) is 10.6. The maximum atomic E-state index is 11.2. The minimum atomic E-state index is -0.643. The number of fused-ring (bicyclic) bond motifs is 5. The molecule has 0 aromatic carbocycles. The molecule has 0 bridgehead atoms. The van der Waals surface area contributed by atoms with Gasteiger partial charge in [0.25, 0.3) is 0 Å². The number of rotatable bonds is 6. The molecule has 0 heterocycles. The second kappa shape index (κ2) is 9.03. The molecule has 3 fully saturated rings. The van der Waals surface area contributed by atoms with Crippen molar-refractivity contribution in [3.8, 4) is 0 Å². The highest BCUT2D eigenvalue weighted by molar-refractivity contribution is 6.61. The average Bonchev–Trinajstić information content (AvgIpc) is 3.05. The van der Waals surface area contributed by atoms with Crippen molar-refractivity contribution in [2.75, 3.05) is 0 Å². The molecule has 4 rings (SSSR count). The summed E-state index contributed by atoms with van der Waals surface area (Å²) in [5, 5.41) is 0. The highest BCUT2D eigenvalue weighted by Gasteiger charge is 2.59. The third-order valence-electron chi connectivity index (χ3n) is 10.5. The number of carbonyl (C=O) groups is 1. The normalized spacial score (nSPS) is 42.9. The smallest absolute Gasteiger partial charge is 0.404 e. The van der Waals surface area contributed by atoms with Gasteiger partial charge in [-0.15, -0.1) is 0 Å². The Bertz CT molecular complexity index is 699. The number of halogens is 1. The fraction of sp³-hybridized carbons (Fsp3) is 0.893. The molecule has 31 heavy (non-hydrogen) atoms. The van der Waals surface area contributed by atoms with Crippen LogP contribution in [0, 0.1) is 46.3 Å². The Kier molecular flexibility index (Phi) is 6.89. The molecule has 0 aromatic rings. The Hall–Kier alpha value is -0.500. The summed E-state index contributed by atoms with van der Waals surface area (Å²) in [5.41, 5.74) is 1.77. The van der Waals surface area contributed by atoms with Gasteiger partial charge >= 0.3 is 5.43 Å². The van der Waals surface area contributed by atoms with Crippen LogP contribution in [0.15, 0.2) is 11.6 Å². The van der Waals surface area contributed by atoms with Gasteiger partial charge in [-0.3, -0.25) is 0 Å². The molecular weight excluding hydrogens is 404 g/mol. The zero-order valence-corrected chi connectivity index (χ0v) is 21.3. The predicted molar refractivity (Wildman–Crippen MR) is 129 cm³/mol. The first kappa shape index (κ1) is 23.7. The van der Waals surface area contributed by atoms with Gasteiger partial charge < -0.3 is 4.74 Å². The van der Waals surface area contributed by atoms with Crippen molar-refractivity contribution in [3.63, 3.8) is 0 Å². The average molecular weight is 449 g/mol. The second-order valence-electron chi connectivity index (χ2n) is 12.5. The maximum Gasteiger partial charge on any atom is 0.404 e. The van der Waals surface area contributed by atoms with E-state index in [-0.39, 0.29) is 6.10 Å². The second-order valence-corrected chi connectivity index (χ2v) is 12.8. The van der Waals surface area contributed by atoms with E-state index in [1.807, 2.05) is 0 Å². The topological polar surface area (TPSA) is 26.3 Å². The molecule has 4 aliphatic rings. The van der Waals surface area contributed by atoms with Crippen molar-refractivity contribution in [3.05, 3.63) is 11.6 Å². The van der Waals surface area contributed by atoms with Gasteiger partial charge in [-0.25, -0.2) is 4.79 Å². The number of ether oxygens (including phenoxy) is 1. The minimum absolute atomic E-state index is 0.0164. The van der Waals surface area contributed by atoms with Gasteiger partial charge in [-0.05, 0) is 91.3 Å². The van der Waals surface area contributed by atoms with E-state index < -0.39 is 5.43 Å². The van der Waals surface area contributed by atoms with Gasteiger partial charge in [0.15, 0.2) is 0 Å². The first-order valence-corrected chi connectivity index (χ1v) is 13.6. The highest BCUT2D eigenvalue weighted by atomic mass is 35.5. The van der Waals surface area contributed by atoms with E-state index in [0.717, 1.165) is 54.8 Å². The van der Waals surface area contributed by atoms with Crippen LogP contribution in [-0.2, 0) is 4.74 Å². The molecule has 4 aliphatic carbocycles. The van der Waals surface area contributed by atoms with Crippen LogP contribution in [0.2, 0.25) is 0 Å². The Labute approximate surface area is 195 Å². The van der Waals surface area contributed by atoms with Crippen LogP contribution in [0.5, 0.6) is 0 Å². The van der Waals surface area contributed by atoms with Crippen molar-refractivity contribution < 1.29 is 9.53 Å². The first-order chi connectivity index (χ1) is 14.6. The summed E-state index contributed by atoms with van der Waals surface area (Å²) < 4.78 is 5.38. The summed E-state index contributed by atoms with van der Waals surface area (Å²) in [4.78, 5) is 11.2. The number of carbonyl (C=O) groups excluding carboxylic acids is 1. The molecule has 0 saturated heterocycles. The monoisotopic (exact) mass is 448 g/mol. The van der Waals surface area contributed by atoms with Gasteiger partial charge in [0.1, 0.15) is 6.10 Å². The highest BCUT2D eigenvalue weighted by Crippen LogP contribution is 2.67. The van der Waals surface area contributed by atoms with Crippen LogP contribution in [-0.4, -0.2) is 11.5 Å². The van der Waals surface area contributed by atoms with Crippen LogP contribution in [0.4, 0.5) is 4.79 Å². The summed E-state index contributed by atoms with van der Waals surface area (Å²) in [6.07, 6.45) is 16.7. The molecule has 2 nitrogen and oxygen atoms in total. The van der Waals surface area contributed by atoms with Crippen molar-refractivity contribution in [2.45, 2.75) is 111 Å². The zero-order valence-electron chi connectivity index (χ0n) is 20.6. The fourth-order valence-electron chi connectivity index (χ4n) is 8.88. The van der Waals surface area contributed by atoms with Gasteiger partial charge in [0.2, 0.25) is 0 Å². The van der Waals surface area contributed by atoms with E-state index >= 15 is 0 Å². The van der Waals surface area contributed by atoms with Gasteiger partial charge in [0, 0.05) is 18.0 Å². The molecule has 176 valence electrons. The van der Waals surface area contributed by atoms with E-state index in [2.05, 4.69) is 40.7 Å². The first-order valence-electron chi connectivity index (χ1n) is 13.2. The number of allylic oxidation sites excluding steroid dienone is 1. The molecule has 4 unspecified atom stereocenters. The molecular formula is C28H45ClO2. The van der Waals surface area contributed by atoms with Gasteiger partial charge in [0.05, 0.1) is 0 Å². The van der Waals surface area contributed by atoms with Crippen molar-refractivity contribution >= 4 is 17.0 Å². The van der Waals surface area contributed by atoms with Crippen LogP contribution in [0.3, 0.4) is 0 Å². The molecule has 0 radical (unpaired) electrons. The van der Waals surface area contributed by atoms with E-state index in [4.69, 9.17) is 16.3 Å². The van der Waals surface area contributed by atoms with Crippen molar-refractivity contribution in [1.29, 1.82) is 0 Å². The predicted octanol–water partition coefficient (Wildman–Crippen LogP) is 8.77. The van der Waals surface area contributed by atoms with E-state index in [0.29, 0.717) is 10.8 Å². The molecule has 3 heteroatoms. The third kappa shape index (κ3) is 4.36. The molecule has 8 atom stereocenters. The fourth-order valence-corrected chi connectivity index (χ4v) is 9.01. The SMILES string of the molecule is CC(C)CCCC(C)[C@H]1CCC2C3CC=C4C[C@@H](OC(=O)Cl)CC[C@]4(C)C3CC[C@@]21C. The molecule has 0 aromatic heterocycles. The lowest BCUT2D eigenvalue weighted by Gasteiger charge is -2.58. The van der Waals surface area contributed by atoms with Crippen LogP contribution in [0.1, 0.15) is 105 Å². The number of hydrogen-bond acceptors (Lipinski definition) is 2. The van der Waals surface area contributed by atoms with Crippen LogP contribution < -0.4 is 0 Å². The summed E-state index contributed by atoms with van der Waals surface area (Å²) in [5.74, 6) is 5.19. The summed E-state index contributed by atoms with van der Waals surface area (Å²) in [6, 6.07) is 0. The Morgan fingerprint density at radius 3 is 2.58 bits per heavy atom. The number of hydrogen-bond donors (Lipinski definition) is 0. The Balaban J connectivity index is 1.47. The van der Waals surface area contributed by atoms with Crippen molar-refractivity contribution in [2.24, 2.45) is 46.3 Å². The largest absolute Gasteiger partial charge is 0.450 e. The van der Waals surface area contributed by atoms with Gasteiger partial charge in [-0.2, -0.15) is 0 Å². The quantitative estimate of drug-likeness (QED) is 0.299. The molecule has 3 saturated carbocycles. The molecule has 0 N–H and O–H groups in total. The van der Waals surface area contributed by atoms with E-state index in [1.54, 1.807) is 5.57 Å². The lowest BCUT2D eigenvalue weighted by Crippen LogP contribution is -2.51. The lowest BCUT2D eigenvalue weighted by atomic mass is 9.47. The standard InChI is InChI=1S/C28H45ClO2/c1-18(2)7-6-8-19(3)23-11-12-24-22-10-9-20-17-21(31-26(29)30)13-15-27(20,4)25(22)14-16-28(23,24)5/h9,18-19,21-25H,6-8,10-17H2,1-5H3/t19?,21-,22?,23+,24?,25?,27-,28+/m0/s1. The lowest BCUT2D eigenvalue weighted by molar-refractivity contribution is -0.0573. The Morgan fingerprint density at radius 2 is 1.87 bits per heavy atom. The zero-order chi connectivity index (χ0) is 22.4. The Morgan fingerprint density at radius 1 is 1.10 bits per heavy atom. The summed E-state index contributed by atoms with van der Waals surface area (Å²) >= 11 is 5.51. The summed E-state index contributed by atoms with van der Waals surface area (Å²) in [6.45, 7) is 12.5. The van der Waals surface area contributed by atoms with Crippen LogP contribution >= 0.6 is 11.6 Å². The van der Waals surface area contributed by atoms with Crippen molar-refractivity contribution in [1.82, 2.24) is 0 Å². The van der Waals surface area contributed by atoms with Crippen LogP contribution in [0.25, 0.3) is 0 Å². The minimum Gasteiger partial charge on any atom is -0.450 e. The maximum absolute atomic E-state index is 11.2. The van der Waals surface area contributed by atoms with Gasteiger partial charge in [-0.1, -0.05) is 65.5 Å². The molecule has 0 spiro atoms. The summed E-state index contributed by atoms with van der Waals surface area (Å²) in [7, 11) is 0. The van der Waals surface area contributed by atoms with E-state index in [9.17, 15) is 4.79 Å². The molecule has 0 aliphatic heterocycles. The van der Waals surface area contributed by atoms with E-state index in [1.165, 1.54) is 51.4 Å². The molecule has 0 amide bonds.